The molecule has 0 spiro atoms. The lowest BCUT2D eigenvalue weighted by Gasteiger charge is -2.21. The van der Waals surface area contributed by atoms with Gasteiger partial charge in [0.25, 0.3) is 11.6 Å². The second kappa shape index (κ2) is 8.28. The summed E-state index contributed by atoms with van der Waals surface area (Å²) < 4.78 is 5.19. The van der Waals surface area contributed by atoms with Crippen LogP contribution in [0.5, 0.6) is 5.75 Å². The summed E-state index contributed by atoms with van der Waals surface area (Å²) in [7, 11) is 1.60. The third kappa shape index (κ3) is 3.96. The summed E-state index contributed by atoms with van der Waals surface area (Å²) in [5.41, 5.74) is 3.83. The lowest BCUT2D eigenvalue weighted by atomic mass is 10.1. The molecule has 0 aliphatic carbocycles. The minimum Gasteiger partial charge on any atom is -0.497 e. The maximum atomic E-state index is 13.4. The van der Waals surface area contributed by atoms with Gasteiger partial charge in [-0.2, -0.15) is 0 Å². The fourth-order valence-electron chi connectivity index (χ4n) is 3.51. The molecule has 0 saturated heterocycles. The third-order valence-corrected chi connectivity index (χ3v) is 5.14. The summed E-state index contributed by atoms with van der Waals surface area (Å²) >= 11 is 0. The molecule has 0 saturated carbocycles. The number of carbonyl (C=O) groups excluding carboxylic acids is 1. The first-order valence-corrected chi connectivity index (χ1v) is 9.70. The van der Waals surface area contributed by atoms with Gasteiger partial charge < -0.3 is 4.74 Å². The highest BCUT2D eigenvalue weighted by atomic mass is 16.6. The summed E-state index contributed by atoms with van der Waals surface area (Å²) in [6.45, 7) is 1.68. The molecule has 0 fully saturated rings. The predicted octanol–water partition coefficient (Wildman–Crippen LogP) is 5.38. The maximum Gasteiger partial charge on any atom is 0.274 e. The molecule has 0 radical (unpaired) electrons. The molecule has 3 aromatic carbocycles. The van der Waals surface area contributed by atoms with E-state index in [0.717, 1.165) is 16.9 Å². The zero-order valence-corrected chi connectivity index (χ0v) is 17.1. The van der Waals surface area contributed by atoms with E-state index in [9.17, 15) is 14.9 Å². The van der Waals surface area contributed by atoms with Crippen molar-refractivity contribution in [2.24, 2.45) is 0 Å². The number of nitro benzene ring substituents is 1. The molecule has 3 aromatic rings. The van der Waals surface area contributed by atoms with Crippen molar-refractivity contribution in [2.75, 3.05) is 12.0 Å². The van der Waals surface area contributed by atoms with Crippen LogP contribution in [0, 0.1) is 17.0 Å². The Hall–Kier alpha value is -4.19. The topological polar surface area (TPSA) is 72.7 Å². The molecule has 0 aromatic heterocycles. The average molecular weight is 412 g/mol. The maximum absolute atomic E-state index is 13.4. The van der Waals surface area contributed by atoms with Gasteiger partial charge in [0.2, 0.25) is 0 Å². The van der Waals surface area contributed by atoms with Crippen molar-refractivity contribution in [3.05, 3.63) is 111 Å². The van der Waals surface area contributed by atoms with E-state index in [2.05, 4.69) is 0 Å². The van der Waals surface area contributed by atoms with Gasteiger partial charge >= 0.3 is 0 Å². The van der Waals surface area contributed by atoms with Crippen LogP contribution in [0.2, 0.25) is 0 Å². The zero-order chi connectivity index (χ0) is 22.0. The van der Waals surface area contributed by atoms with Crippen molar-refractivity contribution in [1.82, 2.24) is 0 Å². The number of methoxy groups -OCH3 is 1. The largest absolute Gasteiger partial charge is 0.497 e. The van der Waals surface area contributed by atoms with Gasteiger partial charge in [-0.25, -0.2) is 0 Å². The van der Waals surface area contributed by atoms with E-state index in [1.165, 1.54) is 11.0 Å². The molecule has 31 heavy (non-hydrogen) atoms. The molecule has 1 aliphatic rings. The average Bonchev–Trinajstić information content (AvgIpc) is 3.11. The van der Waals surface area contributed by atoms with Gasteiger partial charge in [0.1, 0.15) is 5.75 Å². The van der Waals surface area contributed by atoms with Gasteiger partial charge in [-0.15, -0.1) is 0 Å². The Labute approximate surface area is 179 Å². The van der Waals surface area contributed by atoms with Gasteiger partial charge in [0.05, 0.1) is 23.4 Å². The van der Waals surface area contributed by atoms with Crippen LogP contribution in [0.3, 0.4) is 0 Å². The Bertz CT molecular complexity index is 1210. The smallest absolute Gasteiger partial charge is 0.274 e. The Morgan fingerprint density at radius 2 is 1.71 bits per heavy atom. The molecule has 0 N–H and O–H groups in total. The van der Waals surface area contributed by atoms with Crippen LogP contribution in [0.15, 0.2) is 84.4 Å². The number of amides is 1. The summed E-state index contributed by atoms with van der Waals surface area (Å²) in [6, 6.07) is 21.7. The molecule has 0 atom stereocenters. The van der Waals surface area contributed by atoms with Crippen molar-refractivity contribution in [2.45, 2.75) is 6.92 Å². The van der Waals surface area contributed by atoms with Crippen LogP contribution < -0.4 is 9.64 Å². The Balaban J connectivity index is 1.81. The van der Waals surface area contributed by atoms with Crippen LogP contribution >= 0.6 is 0 Å². The Morgan fingerprint density at radius 3 is 2.35 bits per heavy atom. The van der Waals surface area contributed by atoms with Gasteiger partial charge in [-0.1, -0.05) is 48.5 Å². The molecular formula is C25H20N2O4. The first-order valence-electron chi connectivity index (χ1n) is 9.70. The van der Waals surface area contributed by atoms with Gasteiger partial charge in [-0.3, -0.25) is 19.8 Å². The molecule has 6 nitrogen and oxygen atoms in total. The summed E-state index contributed by atoms with van der Waals surface area (Å²) in [5, 5.41) is 11.4. The monoisotopic (exact) mass is 412 g/mol. The molecular weight excluding hydrogens is 392 g/mol. The molecule has 1 aliphatic heterocycles. The number of ether oxygens (including phenoxy) is 1. The van der Waals surface area contributed by atoms with Gasteiger partial charge in [0.15, 0.2) is 0 Å². The van der Waals surface area contributed by atoms with E-state index in [0.29, 0.717) is 22.5 Å². The van der Waals surface area contributed by atoms with E-state index in [1.807, 2.05) is 60.7 Å². The molecule has 1 heterocycles. The van der Waals surface area contributed by atoms with Gasteiger partial charge in [0, 0.05) is 17.2 Å². The van der Waals surface area contributed by atoms with Crippen LogP contribution in [0.1, 0.15) is 16.7 Å². The fourth-order valence-corrected chi connectivity index (χ4v) is 3.51. The number of nitro groups is 1. The molecule has 0 bridgehead atoms. The van der Waals surface area contributed by atoms with Crippen molar-refractivity contribution in [1.29, 1.82) is 0 Å². The van der Waals surface area contributed by atoms with Gasteiger partial charge in [-0.05, 0) is 48.4 Å². The molecule has 154 valence electrons. The second-order valence-corrected chi connectivity index (χ2v) is 7.14. The standard InChI is InChI=1S/C25H20N2O4/c1-17-8-11-21(16-23(17)27(29)30)26-24(19-6-4-3-5-7-19)15-20(25(26)28)14-18-9-12-22(31-2)13-10-18/h3-16H,1-2H3/b20-14+. The number of aryl methyl sites for hydroxylation is 1. The van der Waals surface area contributed by atoms with E-state index in [-0.39, 0.29) is 11.6 Å². The SMILES string of the molecule is COc1ccc(/C=C2\C=C(c3ccccc3)N(c3ccc(C)c([N+](=O)[O-])c3)C2=O)cc1. The van der Waals surface area contributed by atoms with Crippen molar-refractivity contribution >= 4 is 29.1 Å². The first kappa shape index (κ1) is 20.1. The van der Waals surface area contributed by atoms with Crippen molar-refractivity contribution in [3.63, 3.8) is 0 Å². The normalized spacial score (nSPS) is 14.6. The minimum atomic E-state index is -0.431. The quantitative estimate of drug-likeness (QED) is 0.320. The number of anilines is 1. The summed E-state index contributed by atoms with van der Waals surface area (Å²) in [5.74, 6) is 0.488. The number of carbonyl (C=O) groups is 1. The summed E-state index contributed by atoms with van der Waals surface area (Å²) in [6.07, 6.45) is 3.61. The lowest BCUT2D eigenvalue weighted by Crippen LogP contribution is -2.25. The molecule has 0 unspecified atom stereocenters. The second-order valence-electron chi connectivity index (χ2n) is 7.14. The number of hydrogen-bond donors (Lipinski definition) is 0. The lowest BCUT2D eigenvalue weighted by molar-refractivity contribution is -0.385. The Kier molecular flexibility index (Phi) is 5.37. The van der Waals surface area contributed by atoms with Crippen molar-refractivity contribution in [3.8, 4) is 5.75 Å². The Morgan fingerprint density at radius 1 is 1.00 bits per heavy atom. The van der Waals surface area contributed by atoms with E-state index < -0.39 is 4.92 Å². The number of rotatable bonds is 5. The van der Waals surface area contributed by atoms with Crippen molar-refractivity contribution < 1.29 is 14.5 Å². The number of benzene rings is 3. The molecule has 6 heteroatoms. The van der Waals surface area contributed by atoms with Crippen LogP contribution in [-0.2, 0) is 4.79 Å². The number of nitrogens with zero attached hydrogens (tertiary/aromatic N) is 2. The first-order chi connectivity index (χ1) is 15.0. The van der Waals surface area contributed by atoms with Crippen LogP contribution in [-0.4, -0.2) is 17.9 Å². The minimum absolute atomic E-state index is 0.0229. The third-order valence-electron chi connectivity index (χ3n) is 5.14. The highest BCUT2D eigenvalue weighted by Gasteiger charge is 2.31. The zero-order valence-electron chi connectivity index (χ0n) is 17.1. The molecule has 1 amide bonds. The van der Waals surface area contributed by atoms with E-state index in [1.54, 1.807) is 32.2 Å². The highest BCUT2D eigenvalue weighted by molar-refractivity contribution is 6.23. The van der Waals surface area contributed by atoms with Crippen LogP contribution in [0.4, 0.5) is 11.4 Å². The molecule has 4 rings (SSSR count). The predicted molar refractivity (Wildman–Crippen MR) is 121 cm³/mol. The fraction of sp³-hybridized carbons (Fsp3) is 0.0800. The highest BCUT2D eigenvalue weighted by Crippen LogP contribution is 2.37. The van der Waals surface area contributed by atoms with E-state index >= 15 is 0 Å². The van der Waals surface area contributed by atoms with Crippen LogP contribution in [0.25, 0.3) is 11.8 Å². The summed E-state index contributed by atoms with van der Waals surface area (Å²) in [4.78, 5) is 25.9. The number of hydrogen-bond acceptors (Lipinski definition) is 4. The van der Waals surface area contributed by atoms with E-state index in [4.69, 9.17) is 4.74 Å².